The number of aliphatic hydroxyl groups excluding tert-OH is 1. The molecule has 1 aromatic carbocycles. The number of carbonyl (C=O) groups is 1. The van der Waals surface area contributed by atoms with Crippen LogP contribution in [0.2, 0.25) is 0 Å². The Kier molecular flexibility index (Phi) is 5.90. The zero-order chi connectivity index (χ0) is 18.7. The van der Waals surface area contributed by atoms with Crippen LogP contribution in [0.5, 0.6) is 0 Å². The molecule has 9 nitrogen and oxygen atoms in total. The average Bonchev–Trinajstić information content (AvgIpc) is 2.65. The Morgan fingerprint density at radius 3 is 2.38 bits per heavy atom. The van der Waals surface area contributed by atoms with E-state index in [1.54, 1.807) is 4.90 Å². The van der Waals surface area contributed by atoms with Gasteiger partial charge in [0.1, 0.15) is 11.4 Å². The van der Waals surface area contributed by atoms with Gasteiger partial charge in [-0.2, -0.15) is 0 Å². The van der Waals surface area contributed by atoms with Crippen LogP contribution in [0.4, 0.5) is 11.4 Å². The third kappa shape index (κ3) is 4.05. The van der Waals surface area contributed by atoms with Gasteiger partial charge in [0.2, 0.25) is 5.91 Å². The molecule has 2 aliphatic rings. The highest BCUT2D eigenvalue weighted by Gasteiger charge is 2.29. The summed E-state index contributed by atoms with van der Waals surface area (Å²) in [6.07, 6.45) is -0.639. The average molecular weight is 366 g/mol. The zero-order valence-electron chi connectivity index (χ0n) is 15.1. The first-order valence-corrected chi connectivity index (χ1v) is 9.03. The fraction of sp³-hybridized carbons (Fsp3) is 0.706. The number of ether oxygens (including phenoxy) is 1. The maximum atomic E-state index is 12.0. The van der Waals surface area contributed by atoms with Crippen molar-refractivity contribution in [3.05, 3.63) is 20.4 Å². The third-order valence-corrected chi connectivity index (χ3v) is 5.01. The Labute approximate surface area is 151 Å². The van der Waals surface area contributed by atoms with Crippen LogP contribution >= 0.6 is 0 Å². The molecule has 3 rings (SSSR count). The summed E-state index contributed by atoms with van der Waals surface area (Å²) in [4.78, 5) is 41.0. The van der Waals surface area contributed by atoms with Crippen molar-refractivity contribution in [2.24, 2.45) is 0 Å². The third-order valence-electron chi connectivity index (χ3n) is 5.01. The van der Waals surface area contributed by atoms with Gasteiger partial charge in [0.15, 0.2) is 0 Å². The van der Waals surface area contributed by atoms with E-state index in [1.165, 1.54) is 6.92 Å². The molecule has 2 fully saturated rings. The molecule has 0 saturated carbocycles. The van der Waals surface area contributed by atoms with E-state index in [0.717, 1.165) is 13.1 Å². The second kappa shape index (κ2) is 8.15. The lowest BCUT2D eigenvalue weighted by Gasteiger charge is -2.36. The first-order valence-electron chi connectivity index (χ1n) is 9.03. The maximum absolute atomic E-state index is 12.0. The number of piperazine rings is 1. The summed E-state index contributed by atoms with van der Waals surface area (Å²) in [7, 11) is 0. The van der Waals surface area contributed by atoms with Crippen molar-refractivity contribution < 1.29 is 14.6 Å². The zero-order valence-corrected chi connectivity index (χ0v) is 15.1. The second-order valence-corrected chi connectivity index (χ2v) is 6.82. The molecule has 2 heterocycles. The number of amides is 1. The Morgan fingerprint density at radius 1 is 1.12 bits per heavy atom. The Hall–Kier alpha value is -1.97. The molecule has 1 aromatic rings. The van der Waals surface area contributed by atoms with Crippen molar-refractivity contribution in [3.8, 4) is 0 Å². The van der Waals surface area contributed by atoms with Gasteiger partial charge in [-0.25, -0.2) is 0 Å². The van der Waals surface area contributed by atoms with Gasteiger partial charge in [-0.3, -0.25) is 19.3 Å². The lowest BCUT2D eigenvalue weighted by Crippen LogP contribution is -2.52. The molecule has 26 heavy (non-hydrogen) atoms. The normalized spacial score (nSPS) is 20.4. The second-order valence-electron chi connectivity index (χ2n) is 6.82. The summed E-state index contributed by atoms with van der Waals surface area (Å²) in [5, 5.41) is 13.1. The van der Waals surface area contributed by atoms with Gasteiger partial charge in [0.25, 0.3) is 10.9 Å². The summed E-state index contributed by atoms with van der Waals surface area (Å²) >= 11 is 0. The van der Waals surface area contributed by atoms with Crippen LogP contribution in [0.25, 0.3) is 0 Å². The quantitative estimate of drug-likeness (QED) is 0.561. The van der Waals surface area contributed by atoms with Crippen LogP contribution in [-0.4, -0.2) is 92.5 Å². The van der Waals surface area contributed by atoms with E-state index in [-0.39, 0.29) is 18.1 Å². The molecule has 1 atom stereocenters. The van der Waals surface area contributed by atoms with Crippen molar-refractivity contribution in [1.29, 1.82) is 0 Å². The topological polar surface area (TPSA) is 102 Å². The van der Waals surface area contributed by atoms with E-state index in [4.69, 9.17) is 4.74 Å². The van der Waals surface area contributed by atoms with Gasteiger partial charge in [0.05, 0.1) is 19.3 Å². The summed E-state index contributed by atoms with van der Waals surface area (Å²) in [5.74, 6) is 0.0132. The monoisotopic (exact) mass is 366 g/mol. The van der Waals surface area contributed by atoms with Gasteiger partial charge in [0, 0.05) is 59.3 Å². The molecule has 2 N–H and O–H groups in total. The molecule has 1 amide bonds. The number of aliphatic hydroxyl groups is 1. The molecule has 0 unspecified atom stereocenters. The fourth-order valence-corrected chi connectivity index (χ4v) is 3.46. The van der Waals surface area contributed by atoms with Gasteiger partial charge in [-0.05, 0) is 0 Å². The first kappa shape index (κ1) is 18.8. The standard InChI is InChI=1S/C17H26N4O5/c1-12(22)20-2-4-21(5-3-20)15-14(16(24)17(15)25)18-10-13(23)11-19-6-8-26-9-7-19/h13,18,23H,2-11H2,1H3/t13-/m0/s1. The van der Waals surface area contributed by atoms with Crippen molar-refractivity contribution in [1.82, 2.24) is 9.80 Å². The van der Waals surface area contributed by atoms with E-state index in [1.807, 2.05) is 4.90 Å². The molecule has 0 bridgehead atoms. The van der Waals surface area contributed by atoms with Crippen LogP contribution in [0.1, 0.15) is 6.92 Å². The number of nitrogens with zero attached hydrogens (tertiary/aromatic N) is 3. The molecule has 0 spiro atoms. The van der Waals surface area contributed by atoms with Crippen LogP contribution < -0.4 is 21.1 Å². The van der Waals surface area contributed by atoms with Crippen LogP contribution in [0, 0.1) is 0 Å². The van der Waals surface area contributed by atoms with E-state index >= 15 is 0 Å². The maximum Gasteiger partial charge on any atom is 0.253 e. The molecule has 0 aromatic heterocycles. The molecular formula is C17H26N4O5. The summed E-state index contributed by atoms with van der Waals surface area (Å²) in [6.45, 7) is 7.23. The lowest BCUT2D eigenvalue weighted by atomic mass is 10.1. The fourth-order valence-electron chi connectivity index (χ4n) is 3.46. The predicted molar refractivity (Wildman–Crippen MR) is 97.6 cm³/mol. The minimum atomic E-state index is -0.639. The van der Waals surface area contributed by atoms with E-state index in [0.29, 0.717) is 51.6 Å². The molecule has 9 heteroatoms. The highest BCUT2D eigenvalue weighted by Crippen LogP contribution is 2.21. The van der Waals surface area contributed by atoms with E-state index in [9.17, 15) is 19.5 Å². The minimum absolute atomic E-state index is 0.0132. The lowest BCUT2D eigenvalue weighted by molar-refractivity contribution is -0.129. The molecule has 2 saturated heterocycles. The van der Waals surface area contributed by atoms with Gasteiger partial charge in [-0.15, -0.1) is 0 Å². The predicted octanol–water partition coefficient (Wildman–Crippen LogP) is -1.94. The van der Waals surface area contributed by atoms with Crippen molar-refractivity contribution in [3.63, 3.8) is 0 Å². The number of hydrogen-bond donors (Lipinski definition) is 2. The van der Waals surface area contributed by atoms with Crippen LogP contribution in [0.15, 0.2) is 9.59 Å². The SMILES string of the molecule is CC(=O)N1CCN(c2c(NC[C@H](O)CN3CCOCC3)c(=O)c2=O)CC1. The van der Waals surface area contributed by atoms with Crippen molar-refractivity contribution in [2.45, 2.75) is 13.0 Å². The summed E-state index contributed by atoms with van der Waals surface area (Å²) in [5.41, 5.74) is -0.358. The van der Waals surface area contributed by atoms with Gasteiger partial charge >= 0.3 is 0 Å². The van der Waals surface area contributed by atoms with E-state index in [2.05, 4.69) is 10.2 Å². The molecule has 0 radical (unpaired) electrons. The molecule has 144 valence electrons. The number of carbonyl (C=O) groups excluding carboxylic acids is 1. The largest absolute Gasteiger partial charge is 0.390 e. The number of β-amino-alcohol motifs (C(OH)–C–C–N with tert-alkyl or cyclic N) is 1. The Bertz CT molecular complexity index is 700. The van der Waals surface area contributed by atoms with Crippen molar-refractivity contribution in [2.75, 3.05) is 75.8 Å². The number of morpholine rings is 1. The summed E-state index contributed by atoms with van der Waals surface area (Å²) in [6, 6.07) is 0. The smallest absolute Gasteiger partial charge is 0.253 e. The Balaban J connectivity index is 1.54. The van der Waals surface area contributed by atoms with E-state index < -0.39 is 17.0 Å². The first-order chi connectivity index (χ1) is 12.5. The highest BCUT2D eigenvalue weighted by atomic mass is 16.5. The van der Waals surface area contributed by atoms with Crippen molar-refractivity contribution >= 4 is 17.3 Å². The highest BCUT2D eigenvalue weighted by molar-refractivity contribution is 5.76. The molecular weight excluding hydrogens is 340 g/mol. The van der Waals surface area contributed by atoms with Crippen LogP contribution in [0.3, 0.4) is 0 Å². The Morgan fingerprint density at radius 2 is 1.77 bits per heavy atom. The van der Waals surface area contributed by atoms with Gasteiger partial charge in [-0.1, -0.05) is 0 Å². The molecule has 0 aliphatic carbocycles. The van der Waals surface area contributed by atoms with Crippen LogP contribution in [-0.2, 0) is 9.53 Å². The number of anilines is 2. The van der Waals surface area contributed by atoms with Gasteiger partial charge < -0.3 is 25.0 Å². The number of nitrogens with one attached hydrogen (secondary N) is 1. The number of hydrogen-bond acceptors (Lipinski definition) is 8. The number of rotatable bonds is 6. The molecule has 2 aliphatic heterocycles. The summed E-state index contributed by atoms with van der Waals surface area (Å²) < 4.78 is 5.28. The minimum Gasteiger partial charge on any atom is -0.390 e.